The Balaban J connectivity index is 0.00000150. The van der Waals surface area contributed by atoms with Crippen LogP contribution in [0.1, 0.15) is 47.0 Å². The summed E-state index contributed by atoms with van der Waals surface area (Å²) >= 11 is 1.67. The Hall–Kier alpha value is -1.74. The zero-order valence-electron chi connectivity index (χ0n) is 16.4. The number of aromatic nitrogens is 4. The maximum atomic E-state index is 12.7. The number of carbonyl (C=O) groups is 1. The fraction of sp³-hybridized carbons (Fsp3) is 0.474. The lowest BCUT2D eigenvalue weighted by Gasteiger charge is -2.23. The third-order valence-electron chi connectivity index (χ3n) is 4.99. The zero-order valence-corrected chi connectivity index (χ0v) is 18.9. The molecule has 0 saturated carbocycles. The molecule has 1 aliphatic rings. The van der Waals surface area contributed by atoms with E-state index < -0.39 is 0 Å². The summed E-state index contributed by atoms with van der Waals surface area (Å²) < 4.78 is 3.08. The van der Waals surface area contributed by atoms with Gasteiger partial charge in [-0.2, -0.15) is 0 Å². The molecule has 0 radical (unpaired) electrons. The first-order valence-electron chi connectivity index (χ1n) is 9.39. The molecule has 0 bridgehead atoms. The van der Waals surface area contributed by atoms with Gasteiger partial charge in [-0.15, -0.1) is 41.2 Å². The quantitative estimate of drug-likeness (QED) is 0.614. The van der Waals surface area contributed by atoms with Gasteiger partial charge in [-0.3, -0.25) is 4.79 Å². The number of thiazole rings is 1. The molecule has 2 N–H and O–H groups in total. The molecular weight excluding hydrogens is 431 g/mol. The van der Waals surface area contributed by atoms with Crippen LogP contribution in [0.3, 0.4) is 0 Å². The van der Waals surface area contributed by atoms with Crippen LogP contribution in [0.25, 0.3) is 10.2 Å². The number of hydrogen-bond acceptors (Lipinski definition) is 6. The van der Waals surface area contributed by atoms with Crippen molar-refractivity contribution in [2.75, 3.05) is 13.1 Å². The van der Waals surface area contributed by atoms with Crippen LogP contribution in [0.15, 0.2) is 24.3 Å². The van der Waals surface area contributed by atoms with E-state index in [2.05, 4.69) is 32.0 Å². The lowest BCUT2D eigenvalue weighted by atomic mass is 10.1. The smallest absolute Gasteiger partial charge is 0.273 e. The molecule has 1 fully saturated rings. The Bertz CT molecular complexity index is 920. The van der Waals surface area contributed by atoms with Crippen LogP contribution in [0.2, 0.25) is 0 Å². The molecule has 2 aromatic heterocycles. The van der Waals surface area contributed by atoms with Gasteiger partial charge >= 0.3 is 0 Å². The predicted octanol–water partition coefficient (Wildman–Crippen LogP) is 3.33. The summed E-state index contributed by atoms with van der Waals surface area (Å²) in [5, 5.41) is 15.8. The van der Waals surface area contributed by atoms with Crippen molar-refractivity contribution < 1.29 is 4.79 Å². The van der Waals surface area contributed by atoms with E-state index in [4.69, 9.17) is 0 Å². The first-order valence-corrected chi connectivity index (χ1v) is 10.2. The third-order valence-corrected chi connectivity index (χ3v) is 6.05. The first-order chi connectivity index (χ1) is 13.1. The third kappa shape index (κ3) is 5.25. The average molecular weight is 457 g/mol. The lowest BCUT2D eigenvalue weighted by Crippen LogP contribution is -2.35. The molecule has 3 aromatic rings. The fourth-order valence-electron chi connectivity index (χ4n) is 3.56. The summed E-state index contributed by atoms with van der Waals surface area (Å²) in [6.07, 6.45) is 2.73. The molecule has 29 heavy (non-hydrogen) atoms. The van der Waals surface area contributed by atoms with E-state index in [1.807, 2.05) is 36.7 Å². The number of carbonyl (C=O) groups excluding carboxylic acids is 1. The summed E-state index contributed by atoms with van der Waals surface area (Å²) in [4.78, 5) is 17.3. The zero-order chi connectivity index (χ0) is 18.8. The molecule has 3 heterocycles. The molecule has 158 valence electrons. The minimum absolute atomic E-state index is 0. The van der Waals surface area contributed by atoms with Crippen LogP contribution in [-0.4, -0.2) is 45.0 Å². The van der Waals surface area contributed by atoms with Gasteiger partial charge in [-0.25, -0.2) is 9.67 Å². The van der Waals surface area contributed by atoms with Crippen molar-refractivity contribution in [3.8, 4) is 0 Å². The number of para-hydroxylation sites is 1. The molecule has 1 aliphatic heterocycles. The Labute approximate surface area is 186 Å². The molecule has 1 amide bonds. The van der Waals surface area contributed by atoms with Gasteiger partial charge in [0.05, 0.1) is 27.0 Å². The van der Waals surface area contributed by atoms with Crippen molar-refractivity contribution in [1.29, 1.82) is 0 Å². The largest absolute Gasteiger partial charge is 0.348 e. The molecule has 1 atom stereocenters. The first kappa shape index (κ1) is 23.5. The topological polar surface area (TPSA) is 84.7 Å². The predicted molar refractivity (Wildman–Crippen MR) is 121 cm³/mol. The minimum Gasteiger partial charge on any atom is -0.348 e. The van der Waals surface area contributed by atoms with Crippen LogP contribution >= 0.6 is 36.2 Å². The highest BCUT2D eigenvalue weighted by Gasteiger charge is 2.23. The van der Waals surface area contributed by atoms with E-state index >= 15 is 0 Å². The summed E-state index contributed by atoms with van der Waals surface area (Å²) in [6.45, 7) is 5.88. The maximum absolute atomic E-state index is 12.7. The Morgan fingerprint density at radius 1 is 1.31 bits per heavy atom. The van der Waals surface area contributed by atoms with Crippen molar-refractivity contribution in [2.45, 2.75) is 45.2 Å². The lowest BCUT2D eigenvalue weighted by molar-refractivity contribution is 0.0934. The number of fused-ring (bicyclic) bond motifs is 1. The van der Waals surface area contributed by atoms with Gasteiger partial charge in [0.2, 0.25) is 0 Å². The number of nitrogens with one attached hydrogen (secondary N) is 2. The summed E-state index contributed by atoms with van der Waals surface area (Å²) in [5.74, 6) is -0.165. The van der Waals surface area contributed by atoms with E-state index in [0.717, 1.165) is 42.1 Å². The van der Waals surface area contributed by atoms with Crippen molar-refractivity contribution >= 4 is 52.3 Å². The van der Waals surface area contributed by atoms with Crippen molar-refractivity contribution in [3.63, 3.8) is 0 Å². The van der Waals surface area contributed by atoms with Gasteiger partial charge in [0, 0.05) is 12.5 Å². The van der Waals surface area contributed by atoms with Gasteiger partial charge < -0.3 is 10.6 Å². The highest BCUT2D eigenvalue weighted by molar-refractivity contribution is 7.18. The molecule has 4 rings (SSSR count). The molecule has 0 aliphatic carbocycles. The van der Waals surface area contributed by atoms with Crippen molar-refractivity contribution in [3.05, 3.63) is 40.7 Å². The molecule has 1 unspecified atom stereocenters. The number of rotatable bonds is 5. The van der Waals surface area contributed by atoms with Crippen molar-refractivity contribution in [2.24, 2.45) is 0 Å². The number of benzene rings is 1. The molecule has 0 spiro atoms. The number of hydrogen-bond donors (Lipinski definition) is 2. The van der Waals surface area contributed by atoms with Crippen LogP contribution < -0.4 is 10.6 Å². The van der Waals surface area contributed by atoms with Gasteiger partial charge in [0.15, 0.2) is 5.69 Å². The summed E-state index contributed by atoms with van der Waals surface area (Å²) in [6, 6.07) is 8.39. The highest BCUT2D eigenvalue weighted by Crippen LogP contribution is 2.23. The normalized spacial score (nSPS) is 15.4. The summed E-state index contributed by atoms with van der Waals surface area (Å²) in [7, 11) is 0. The Kier molecular flexibility index (Phi) is 8.39. The minimum atomic E-state index is -0.165. The van der Waals surface area contributed by atoms with E-state index in [0.29, 0.717) is 18.2 Å². The standard InChI is InChI=1S/C19H24N6OS.2ClH/c1-12(11-17-22-15-5-3-4-6-16(15)27-17)21-19(26)18-13(2)25(24-23-18)14-7-9-20-10-8-14;;/h3-6,12,14,20H,7-11H2,1-2H3,(H,21,26);2*1H. The van der Waals surface area contributed by atoms with Crippen LogP contribution in [0, 0.1) is 6.92 Å². The van der Waals surface area contributed by atoms with Gasteiger partial charge in [-0.05, 0) is 51.9 Å². The van der Waals surface area contributed by atoms with E-state index in [1.54, 1.807) is 11.3 Å². The summed E-state index contributed by atoms with van der Waals surface area (Å²) in [5.41, 5.74) is 2.27. The van der Waals surface area contributed by atoms with E-state index in [9.17, 15) is 4.79 Å². The molecule has 7 nitrogen and oxygen atoms in total. The molecule has 10 heteroatoms. The van der Waals surface area contributed by atoms with Crippen LogP contribution in [-0.2, 0) is 6.42 Å². The number of piperidine rings is 1. The molecular formula is C19H26Cl2N6OS. The van der Waals surface area contributed by atoms with Gasteiger partial charge in [0.1, 0.15) is 0 Å². The van der Waals surface area contributed by atoms with Gasteiger partial charge in [0.25, 0.3) is 5.91 Å². The SMILES string of the molecule is Cc1c(C(=O)NC(C)Cc2nc3ccccc3s2)nnn1C1CCNCC1.Cl.Cl. The highest BCUT2D eigenvalue weighted by atomic mass is 35.5. The van der Waals surface area contributed by atoms with E-state index in [-0.39, 0.29) is 36.8 Å². The molecule has 1 saturated heterocycles. The van der Waals surface area contributed by atoms with Crippen LogP contribution in [0.4, 0.5) is 0 Å². The molecule has 1 aromatic carbocycles. The fourth-order valence-corrected chi connectivity index (χ4v) is 4.66. The Morgan fingerprint density at radius 2 is 2.03 bits per heavy atom. The second-order valence-corrected chi connectivity index (χ2v) is 8.22. The van der Waals surface area contributed by atoms with E-state index in [1.165, 1.54) is 4.70 Å². The second-order valence-electron chi connectivity index (χ2n) is 7.10. The maximum Gasteiger partial charge on any atom is 0.273 e. The monoisotopic (exact) mass is 456 g/mol. The van der Waals surface area contributed by atoms with Crippen molar-refractivity contribution in [1.82, 2.24) is 30.6 Å². The number of amides is 1. The van der Waals surface area contributed by atoms with Crippen LogP contribution in [0.5, 0.6) is 0 Å². The number of halogens is 2. The number of nitrogens with zero attached hydrogens (tertiary/aromatic N) is 4. The Morgan fingerprint density at radius 3 is 2.76 bits per heavy atom. The second kappa shape index (κ2) is 10.3. The van der Waals surface area contributed by atoms with Gasteiger partial charge in [-0.1, -0.05) is 17.3 Å². The average Bonchev–Trinajstić information content (AvgIpc) is 3.25.